The summed E-state index contributed by atoms with van der Waals surface area (Å²) >= 11 is 0. The van der Waals surface area contributed by atoms with Gasteiger partial charge in [-0.1, -0.05) is 56.3 Å². The van der Waals surface area contributed by atoms with Gasteiger partial charge in [-0.15, -0.1) is 0 Å². The maximum Gasteiger partial charge on any atom is 0.253 e. The molecule has 180 valence electrons. The van der Waals surface area contributed by atoms with Gasteiger partial charge in [-0.05, 0) is 30.5 Å². The summed E-state index contributed by atoms with van der Waals surface area (Å²) in [6.45, 7) is 10.8. The van der Waals surface area contributed by atoms with Crippen LogP contribution in [0.4, 0.5) is 0 Å². The molecule has 0 bridgehead atoms. The Bertz CT molecular complexity index is 1100. The minimum atomic E-state index is -0.477. The summed E-state index contributed by atoms with van der Waals surface area (Å²) in [4.78, 5) is 22.5. The number of benzene rings is 2. The van der Waals surface area contributed by atoms with Crippen LogP contribution >= 0.6 is 0 Å². The highest BCUT2D eigenvalue weighted by Crippen LogP contribution is 2.23. The SMILES string of the molecule is CCOc1ccccc1CN1CCO[C@@H](C(=O)N(Cc2cccc3cccnc23)CC(C)C)C1. The monoisotopic (exact) mass is 461 g/mol. The zero-order valence-electron chi connectivity index (χ0n) is 20.4. The van der Waals surface area contributed by atoms with E-state index in [0.717, 1.165) is 40.9 Å². The number of ether oxygens (including phenoxy) is 2. The molecule has 0 spiro atoms. The summed E-state index contributed by atoms with van der Waals surface area (Å²) in [7, 11) is 0. The fourth-order valence-corrected chi connectivity index (χ4v) is 4.54. The summed E-state index contributed by atoms with van der Waals surface area (Å²) in [5.74, 6) is 1.30. The lowest BCUT2D eigenvalue weighted by Crippen LogP contribution is -2.51. The zero-order valence-corrected chi connectivity index (χ0v) is 20.4. The molecule has 1 aliphatic heterocycles. The third kappa shape index (κ3) is 5.93. The molecule has 2 heterocycles. The van der Waals surface area contributed by atoms with Crippen molar-refractivity contribution in [2.45, 2.75) is 40.0 Å². The Hall–Kier alpha value is -2.96. The average Bonchev–Trinajstić information content (AvgIpc) is 2.85. The van der Waals surface area contributed by atoms with Crippen LogP contribution in [0.1, 0.15) is 31.9 Å². The molecule has 2 aromatic carbocycles. The molecule has 1 amide bonds. The van der Waals surface area contributed by atoms with E-state index in [2.05, 4.69) is 48.0 Å². The number of hydrogen-bond donors (Lipinski definition) is 0. The van der Waals surface area contributed by atoms with Crippen molar-refractivity contribution in [3.8, 4) is 5.75 Å². The Morgan fingerprint density at radius 2 is 1.94 bits per heavy atom. The molecule has 4 rings (SSSR count). The Labute approximate surface area is 202 Å². The van der Waals surface area contributed by atoms with Crippen LogP contribution in [-0.4, -0.2) is 59.6 Å². The van der Waals surface area contributed by atoms with Crippen LogP contribution in [0.25, 0.3) is 10.9 Å². The molecule has 1 aliphatic rings. The van der Waals surface area contributed by atoms with Gasteiger partial charge < -0.3 is 14.4 Å². The van der Waals surface area contributed by atoms with E-state index in [1.165, 1.54) is 0 Å². The minimum Gasteiger partial charge on any atom is -0.494 e. The van der Waals surface area contributed by atoms with Crippen molar-refractivity contribution in [1.82, 2.24) is 14.8 Å². The number of aromatic nitrogens is 1. The van der Waals surface area contributed by atoms with Crippen molar-refractivity contribution in [2.24, 2.45) is 5.92 Å². The van der Waals surface area contributed by atoms with E-state index < -0.39 is 6.10 Å². The third-order valence-corrected chi connectivity index (χ3v) is 6.07. The van der Waals surface area contributed by atoms with E-state index in [9.17, 15) is 4.79 Å². The number of para-hydroxylation sites is 2. The van der Waals surface area contributed by atoms with Gasteiger partial charge in [0.1, 0.15) is 11.9 Å². The number of fused-ring (bicyclic) bond motifs is 1. The number of rotatable bonds is 9. The molecule has 1 saturated heterocycles. The molecule has 6 heteroatoms. The van der Waals surface area contributed by atoms with E-state index in [1.54, 1.807) is 0 Å². The predicted octanol–water partition coefficient (Wildman–Crippen LogP) is 4.52. The molecule has 1 atom stereocenters. The Kier molecular flexibility index (Phi) is 8.14. The maximum absolute atomic E-state index is 13.7. The Balaban J connectivity index is 1.49. The van der Waals surface area contributed by atoms with E-state index in [0.29, 0.717) is 38.8 Å². The van der Waals surface area contributed by atoms with E-state index >= 15 is 0 Å². The van der Waals surface area contributed by atoms with Crippen LogP contribution in [0.15, 0.2) is 60.8 Å². The van der Waals surface area contributed by atoms with Gasteiger partial charge in [-0.3, -0.25) is 14.7 Å². The molecule has 1 aromatic heterocycles. The lowest BCUT2D eigenvalue weighted by molar-refractivity contribution is -0.151. The van der Waals surface area contributed by atoms with Gasteiger partial charge in [-0.25, -0.2) is 0 Å². The first-order valence-electron chi connectivity index (χ1n) is 12.2. The van der Waals surface area contributed by atoms with Gasteiger partial charge in [0.25, 0.3) is 5.91 Å². The van der Waals surface area contributed by atoms with E-state index in [4.69, 9.17) is 9.47 Å². The fraction of sp³-hybridized carbons (Fsp3) is 0.429. The first kappa shape index (κ1) is 24.2. The van der Waals surface area contributed by atoms with Gasteiger partial charge in [0.05, 0.1) is 18.7 Å². The Morgan fingerprint density at radius 3 is 2.76 bits per heavy atom. The second-order valence-electron chi connectivity index (χ2n) is 9.24. The molecule has 1 fully saturated rings. The normalized spacial score (nSPS) is 16.6. The van der Waals surface area contributed by atoms with Crippen molar-refractivity contribution in [3.63, 3.8) is 0 Å². The first-order chi connectivity index (χ1) is 16.5. The first-order valence-corrected chi connectivity index (χ1v) is 12.2. The topological polar surface area (TPSA) is 54.9 Å². The van der Waals surface area contributed by atoms with Crippen molar-refractivity contribution in [2.75, 3.05) is 32.8 Å². The second kappa shape index (κ2) is 11.4. The molecule has 6 nitrogen and oxygen atoms in total. The summed E-state index contributed by atoms with van der Waals surface area (Å²) in [6.07, 6.45) is 1.33. The molecule has 34 heavy (non-hydrogen) atoms. The second-order valence-corrected chi connectivity index (χ2v) is 9.24. The van der Waals surface area contributed by atoms with Gasteiger partial charge >= 0.3 is 0 Å². The molecule has 0 N–H and O–H groups in total. The molecular formula is C28H35N3O3. The van der Waals surface area contributed by atoms with Crippen molar-refractivity contribution in [1.29, 1.82) is 0 Å². The van der Waals surface area contributed by atoms with Crippen LogP contribution in [0, 0.1) is 5.92 Å². The number of carbonyl (C=O) groups is 1. The zero-order chi connectivity index (χ0) is 23.9. The number of pyridine rings is 1. The molecule has 0 unspecified atom stereocenters. The predicted molar refractivity (Wildman–Crippen MR) is 135 cm³/mol. The number of nitrogens with zero attached hydrogens (tertiary/aromatic N) is 3. The quantitative estimate of drug-likeness (QED) is 0.469. The summed E-state index contributed by atoms with van der Waals surface area (Å²) in [6, 6.07) is 18.3. The van der Waals surface area contributed by atoms with Gasteiger partial charge in [0, 0.05) is 49.9 Å². The van der Waals surface area contributed by atoms with Crippen LogP contribution < -0.4 is 4.74 Å². The van der Waals surface area contributed by atoms with E-state index in [1.807, 2.05) is 48.4 Å². The Morgan fingerprint density at radius 1 is 1.15 bits per heavy atom. The fourth-order valence-electron chi connectivity index (χ4n) is 4.54. The van der Waals surface area contributed by atoms with Crippen molar-refractivity contribution >= 4 is 16.8 Å². The average molecular weight is 462 g/mol. The minimum absolute atomic E-state index is 0.0458. The number of amides is 1. The molecular weight excluding hydrogens is 426 g/mol. The van der Waals surface area contributed by atoms with Gasteiger partial charge in [0.2, 0.25) is 0 Å². The van der Waals surface area contributed by atoms with Crippen LogP contribution in [0.5, 0.6) is 5.75 Å². The van der Waals surface area contributed by atoms with Crippen molar-refractivity contribution in [3.05, 3.63) is 71.9 Å². The summed E-state index contributed by atoms with van der Waals surface area (Å²) in [5, 5.41) is 1.09. The van der Waals surface area contributed by atoms with Gasteiger partial charge in [-0.2, -0.15) is 0 Å². The smallest absolute Gasteiger partial charge is 0.253 e. The standard InChI is InChI=1S/C28H35N3O3/c1-4-33-25-13-6-5-9-23(25)18-30-15-16-34-26(20-30)28(32)31(17-21(2)3)19-24-11-7-10-22-12-8-14-29-27(22)24/h5-14,21,26H,4,15-20H2,1-3H3/t26-/m1/s1. The highest BCUT2D eigenvalue weighted by Gasteiger charge is 2.31. The highest BCUT2D eigenvalue weighted by molar-refractivity contribution is 5.84. The number of carbonyl (C=O) groups excluding carboxylic acids is 1. The molecule has 0 radical (unpaired) electrons. The lowest BCUT2D eigenvalue weighted by Gasteiger charge is -2.36. The lowest BCUT2D eigenvalue weighted by atomic mass is 10.1. The maximum atomic E-state index is 13.7. The summed E-state index contributed by atoms with van der Waals surface area (Å²) < 4.78 is 11.8. The third-order valence-electron chi connectivity index (χ3n) is 6.07. The molecule has 3 aromatic rings. The van der Waals surface area contributed by atoms with Crippen LogP contribution in [0.2, 0.25) is 0 Å². The largest absolute Gasteiger partial charge is 0.494 e. The number of hydrogen-bond acceptors (Lipinski definition) is 5. The van der Waals surface area contributed by atoms with Gasteiger partial charge in [0.15, 0.2) is 0 Å². The van der Waals surface area contributed by atoms with Crippen molar-refractivity contribution < 1.29 is 14.3 Å². The highest BCUT2D eigenvalue weighted by atomic mass is 16.5. The number of morpholine rings is 1. The molecule has 0 aliphatic carbocycles. The van der Waals surface area contributed by atoms with Crippen LogP contribution in [0.3, 0.4) is 0 Å². The van der Waals surface area contributed by atoms with E-state index in [-0.39, 0.29) is 5.91 Å². The van der Waals surface area contributed by atoms with Crippen LogP contribution in [-0.2, 0) is 22.6 Å². The summed E-state index contributed by atoms with van der Waals surface area (Å²) in [5.41, 5.74) is 3.15. The molecule has 0 saturated carbocycles.